The Labute approximate surface area is 167 Å². The van der Waals surface area contributed by atoms with Gasteiger partial charge in [-0.1, -0.05) is 0 Å². The van der Waals surface area contributed by atoms with Gasteiger partial charge in [-0.2, -0.15) is 5.26 Å². The molecule has 0 amide bonds. The molecule has 0 saturated carbocycles. The molecule has 0 aliphatic carbocycles. The summed E-state index contributed by atoms with van der Waals surface area (Å²) in [5.41, 5.74) is 0.0127. The van der Waals surface area contributed by atoms with Gasteiger partial charge in [-0.25, -0.2) is 9.55 Å². The lowest BCUT2D eigenvalue weighted by Gasteiger charge is -2.40. The van der Waals surface area contributed by atoms with Crippen molar-refractivity contribution < 1.29 is 23.2 Å². The van der Waals surface area contributed by atoms with Crippen LogP contribution in [0.3, 0.4) is 0 Å². The predicted octanol–water partition coefficient (Wildman–Crippen LogP) is 2.32. The second-order valence-corrected chi connectivity index (χ2v) is 8.35. The number of phosphoric acid groups is 1. The van der Waals surface area contributed by atoms with Crippen LogP contribution < -0.4 is 15.0 Å². The zero-order valence-electron chi connectivity index (χ0n) is 16.5. The highest BCUT2D eigenvalue weighted by molar-refractivity contribution is 7.47. The van der Waals surface area contributed by atoms with Gasteiger partial charge in [0.1, 0.15) is 11.6 Å². The summed E-state index contributed by atoms with van der Waals surface area (Å²) >= 11 is 0. The minimum Gasteiger partial charge on any atom is -0.386 e. The number of aromatic nitrogens is 2. The monoisotopic (exact) mass is 422 g/mol. The third-order valence-electron chi connectivity index (χ3n) is 5.09. The van der Waals surface area contributed by atoms with E-state index < -0.39 is 13.4 Å². The molecule has 11 heteroatoms. The van der Waals surface area contributed by atoms with Crippen molar-refractivity contribution in [2.45, 2.75) is 32.3 Å². The van der Waals surface area contributed by atoms with Gasteiger partial charge in [0.2, 0.25) is 5.88 Å². The molecule has 1 saturated heterocycles. The van der Waals surface area contributed by atoms with Crippen molar-refractivity contribution in [3.05, 3.63) is 28.2 Å². The Balaban J connectivity index is 2.09. The zero-order valence-corrected chi connectivity index (χ0v) is 17.4. The van der Waals surface area contributed by atoms with E-state index in [1.807, 2.05) is 17.9 Å². The van der Waals surface area contributed by atoms with E-state index in [1.54, 1.807) is 14.0 Å². The van der Waals surface area contributed by atoms with Crippen LogP contribution >= 0.6 is 7.82 Å². The number of fused-ring (bicyclic) bond motifs is 1. The minimum absolute atomic E-state index is 0.00937. The van der Waals surface area contributed by atoms with Gasteiger partial charge in [0.05, 0.1) is 29.6 Å². The summed E-state index contributed by atoms with van der Waals surface area (Å²) in [5, 5.41) is 10.1. The molecule has 1 unspecified atom stereocenters. The molecule has 2 aromatic rings. The fourth-order valence-electron chi connectivity index (χ4n) is 3.36. The number of piperidine rings is 1. The zero-order chi connectivity index (χ0) is 21.2. The van der Waals surface area contributed by atoms with E-state index in [2.05, 4.69) is 9.97 Å². The van der Waals surface area contributed by atoms with Crippen LogP contribution in [0.1, 0.15) is 32.3 Å². The van der Waals surface area contributed by atoms with Gasteiger partial charge < -0.3 is 19.1 Å². The summed E-state index contributed by atoms with van der Waals surface area (Å²) in [4.78, 5) is 30.7. The van der Waals surface area contributed by atoms with Crippen molar-refractivity contribution in [2.24, 2.45) is 0 Å². The molecule has 3 heterocycles. The summed E-state index contributed by atoms with van der Waals surface area (Å²) in [6.45, 7) is 4.73. The van der Waals surface area contributed by atoms with Crippen molar-refractivity contribution in [3.63, 3.8) is 0 Å². The fourth-order valence-corrected chi connectivity index (χ4v) is 4.07. The Kier molecular flexibility index (Phi) is 5.96. The smallest absolute Gasteiger partial charge is 0.386 e. The fraction of sp³-hybridized carbons (Fsp3) is 0.500. The average Bonchev–Trinajstić information content (AvgIpc) is 2.67. The van der Waals surface area contributed by atoms with Crippen LogP contribution in [-0.4, -0.2) is 47.3 Å². The molecule has 0 spiro atoms. The van der Waals surface area contributed by atoms with Gasteiger partial charge in [0.25, 0.3) is 5.56 Å². The first-order chi connectivity index (χ1) is 13.7. The second kappa shape index (κ2) is 8.13. The highest BCUT2D eigenvalue weighted by Gasteiger charge is 2.32. The number of phosphoric ester groups is 1. The summed E-state index contributed by atoms with van der Waals surface area (Å²) in [5.74, 6) is -0.146. The first-order valence-corrected chi connectivity index (χ1v) is 10.6. The molecule has 2 aromatic heterocycles. The number of hydrogen-bond donors (Lipinski definition) is 2. The van der Waals surface area contributed by atoms with Crippen LogP contribution in [0.2, 0.25) is 0 Å². The highest BCUT2D eigenvalue weighted by atomic mass is 31.2. The quantitative estimate of drug-likeness (QED) is 0.672. The number of H-pyrrole nitrogens is 1. The summed E-state index contributed by atoms with van der Waals surface area (Å²) in [6.07, 6.45) is 2.76. The number of methoxy groups -OCH3 is 1. The molecule has 1 atom stereocenters. The normalized spacial score (nSPS) is 18.2. The number of aromatic amines is 1. The molecule has 0 aromatic carbocycles. The van der Waals surface area contributed by atoms with Crippen molar-refractivity contribution in [2.75, 3.05) is 31.7 Å². The molecule has 156 valence electrons. The molecule has 0 radical (unpaired) electrons. The number of nitriles is 1. The molecule has 1 fully saturated rings. The van der Waals surface area contributed by atoms with E-state index in [9.17, 15) is 19.5 Å². The van der Waals surface area contributed by atoms with Crippen LogP contribution in [-0.2, 0) is 13.8 Å². The molecule has 0 bridgehead atoms. The third-order valence-corrected chi connectivity index (χ3v) is 6.09. The SMILES string of the molecule is CCOP(=O)(O)Oc1cc2c(N3CCC(C)(OC)CC3)c(C#N)c(=O)[nH]c2cn1. The van der Waals surface area contributed by atoms with Gasteiger partial charge in [-0.05, 0) is 26.7 Å². The molecule has 10 nitrogen and oxygen atoms in total. The van der Waals surface area contributed by atoms with E-state index in [0.29, 0.717) is 42.5 Å². The number of pyridine rings is 2. The molecule has 1 aliphatic heterocycles. The lowest BCUT2D eigenvalue weighted by atomic mass is 9.92. The van der Waals surface area contributed by atoms with Crippen molar-refractivity contribution >= 4 is 24.4 Å². The maximum absolute atomic E-state index is 12.4. The molecular formula is C18H23N4O6P. The van der Waals surface area contributed by atoms with E-state index in [1.165, 1.54) is 12.3 Å². The maximum Gasteiger partial charge on any atom is 0.528 e. The Morgan fingerprint density at radius 2 is 2.14 bits per heavy atom. The summed E-state index contributed by atoms with van der Waals surface area (Å²) in [7, 11) is -2.65. The largest absolute Gasteiger partial charge is 0.528 e. The number of nitrogens with zero attached hydrogens (tertiary/aromatic N) is 3. The van der Waals surface area contributed by atoms with Gasteiger partial charge in [-0.3, -0.25) is 14.2 Å². The Bertz CT molecular complexity index is 1050. The van der Waals surface area contributed by atoms with Crippen LogP contribution in [0.4, 0.5) is 5.69 Å². The molecule has 1 aliphatic rings. The standard InChI is InChI=1S/C18H23N4O6P/c1-4-27-29(24,25)28-15-9-12-14(11-20-15)21-17(23)13(10-19)16(12)22-7-5-18(2,26-3)6-8-22/h9,11H,4-8H2,1-3H3,(H,21,23)(H,24,25). The number of hydrogen-bond acceptors (Lipinski definition) is 8. The van der Waals surface area contributed by atoms with Gasteiger partial charge in [0.15, 0.2) is 0 Å². The second-order valence-electron chi connectivity index (χ2n) is 6.98. The molecule has 2 N–H and O–H groups in total. The van der Waals surface area contributed by atoms with E-state index >= 15 is 0 Å². The van der Waals surface area contributed by atoms with Gasteiger partial charge in [0, 0.05) is 31.7 Å². The van der Waals surface area contributed by atoms with E-state index in [0.717, 1.165) is 0 Å². The minimum atomic E-state index is -4.32. The van der Waals surface area contributed by atoms with Crippen LogP contribution in [0, 0.1) is 11.3 Å². The molecule has 3 rings (SSSR count). The molecular weight excluding hydrogens is 399 g/mol. The summed E-state index contributed by atoms with van der Waals surface area (Å²) < 4.78 is 27.2. The Morgan fingerprint density at radius 1 is 1.45 bits per heavy atom. The van der Waals surface area contributed by atoms with Crippen molar-refractivity contribution in [1.82, 2.24) is 9.97 Å². The van der Waals surface area contributed by atoms with E-state index in [4.69, 9.17) is 13.8 Å². The number of ether oxygens (including phenoxy) is 1. The highest BCUT2D eigenvalue weighted by Crippen LogP contribution is 2.44. The first kappa shape index (κ1) is 21.3. The van der Waals surface area contributed by atoms with Crippen LogP contribution in [0.15, 0.2) is 17.1 Å². The number of anilines is 1. The van der Waals surface area contributed by atoms with E-state index in [-0.39, 0.29) is 23.7 Å². The van der Waals surface area contributed by atoms with Gasteiger partial charge in [-0.15, -0.1) is 0 Å². The van der Waals surface area contributed by atoms with Crippen molar-refractivity contribution in [1.29, 1.82) is 5.26 Å². The van der Waals surface area contributed by atoms with Gasteiger partial charge >= 0.3 is 7.82 Å². The average molecular weight is 422 g/mol. The predicted molar refractivity (Wildman–Crippen MR) is 106 cm³/mol. The topological polar surface area (TPSA) is 138 Å². The Morgan fingerprint density at radius 3 is 2.72 bits per heavy atom. The lowest BCUT2D eigenvalue weighted by molar-refractivity contribution is -0.0132. The van der Waals surface area contributed by atoms with Crippen LogP contribution in [0.25, 0.3) is 10.9 Å². The number of nitrogens with one attached hydrogen (secondary N) is 1. The third kappa shape index (κ3) is 4.43. The first-order valence-electron chi connectivity index (χ1n) is 9.15. The van der Waals surface area contributed by atoms with Crippen LogP contribution in [0.5, 0.6) is 5.88 Å². The van der Waals surface area contributed by atoms with Crippen molar-refractivity contribution in [3.8, 4) is 11.9 Å². The molecule has 29 heavy (non-hydrogen) atoms. The summed E-state index contributed by atoms with van der Waals surface area (Å²) in [6, 6.07) is 3.39. The number of rotatable bonds is 6. The lowest BCUT2D eigenvalue weighted by Crippen LogP contribution is -2.44. The Hall–Kier alpha value is -2.44. The maximum atomic E-state index is 12.4.